The zero-order chi connectivity index (χ0) is 13.6. The summed E-state index contributed by atoms with van der Waals surface area (Å²) in [5.74, 6) is -1.79. The van der Waals surface area contributed by atoms with E-state index in [2.05, 4.69) is 0 Å². The predicted octanol–water partition coefficient (Wildman–Crippen LogP) is 1.26. The summed E-state index contributed by atoms with van der Waals surface area (Å²) in [5, 5.41) is 8.97. The topological polar surface area (TPSA) is 87.8 Å². The highest BCUT2D eigenvalue weighted by Gasteiger charge is 2.49. The largest absolute Gasteiger partial charge is 0.478 e. The lowest BCUT2D eigenvalue weighted by Crippen LogP contribution is -2.31. The van der Waals surface area contributed by atoms with Gasteiger partial charge < -0.3 is 9.52 Å². The van der Waals surface area contributed by atoms with Gasteiger partial charge in [0, 0.05) is 0 Å². The van der Waals surface area contributed by atoms with Crippen molar-refractivity contribution in [2.45, 2.75) is 25.8 Å². The van der Waals surface area contributed by atoms with Crippen molar-refractivity contribution in [3.63, 3.8) is 0 Å². The molecule has 1 saturated heterocycles. The van der Waals surface area contributed by atoms with E-state index in [-0.39, 0.29) is 41.5 Å². The van der Waals surface area contributed by atoms with E-state index in [9.17, 15) is 14.4 Å². The molecule has 2 amide bonds. The number of hydrogen-bond acceptors (Lipinski definition) is 4. The van der Waals surface area contributed by atoms with Crippen molar-refractivity contribution in [3.05, 3.63) is 23.7 Å². The Hall–Kier alpha value is -2.11. The Balaban J connectivity index is 1.84. The van der Waals surface area contributed by atoms with E-state index in [4.69, 9.17) is 9.52 Å². The van der Waals surface area contributed by atoms with Gasteiger partial charge in [0.1, 0.15) is 11.3 Å². The first-order valence-electron chi connectivity index (χ1n) is 6.24. The fourth-order valence-corrected chi connectivity index (χ4v) is 3.01. The zero-order valence-corrected chi connectivity index (χ0v) is 10.2. The smallest absolute Gasteiger partial charge is 0.339 e. The second kappa shape index (κ2) is 4.22. The van der Waals surface area contributed by atoms with Crippen LogP contribution in [0.3, 0.4) is 0 Å². The highest BCUT2D eigenvalue weighted by Crippen LogP contribution is 2.40. The maximum Gasteiger partial charge on any atom is 0.339 e. The van der Waals surface area contributed by atoms with E-state index in [1.165, 1.54) is 12.3 Å². The van der Waals surface area contributed by atoms with Gasteiger partial charge in [0.25, 0.3) is 0 Å². The summed E-state index contributed by atoms with van der Waals surface area (Å²) in [6.45, 7) is -0.0840. The first-order valence-corrected chi connectivity index (χ1v) is 6.24. The zero-order valence-electron chi connectivity index (χ0n) is 10.2. The SMILES string of the molecule is O=C(O)c1ccoc1CN1C(=O)C2CCCC2C1=O. The van der Waals surface area contributed by atoms with Crippen LogP contribution in [-0.2, 0) is 16.1 Å². The van der Waals surface area contributed by atoms with Gasteiger partial charge >= 0.3 is 5.97 Å². The summed E-state index contributed by atoms with van der Waals surface area (Å²) in [6, 6.07) is 1.32. The van der Waals surface area contributed by atoms with Gasteiger partial charge in [-0.1, -0.05) is 6.42 Å². The molecular formula is C13H13NO5. The van der Waals surface area contributed by atoms with E-state index < -0.39 is 5.97 Å². The molecule has 1 saturated carbocycles. The van der Waals surface area contributed by atoms with E-state index in [1.807, 2.05) is 0 Å². The number of fused-ring (bicyclic) bond motifs is 1. The molecule has 2 atom stereocenters. The molecule has 0 bridgehead atoms. The van der Waals surface area contributed by atoms with Crippen LogP contribution in [-0.4, -0.2) is 27.8 Å². The molecule has 100 valence electrons. The minimum absolute atomic E-state index is 0.00217. The molecule has 2 fully saturated rings. The molecule has 0 radical (unpaired) electrons. The van der Waals surface area contributed by atoms with Gasteiger partial charge in [-0.2, -0.15) is 0 Å². The first-order chi connectivity index (χ1) is 9.09. The van der Waals surface area contributed by atoms with Crippen LogP contribution < -0.4 is 0 Å². The fraction of sp³-hybridized carbons (Fsp3) is 0.462. The summed E-state index contributed by atoms with van der Waals surface area (Å²) >= 11 is 0. The van der Waals surface area contributed by atoms with Crippen molar-refractivity contribution < 1.29 is 23.9 Å². The molecule has 1 N–H and O–H groups in total. The number of hydrogen-bond donors (Lipinski definition) is 1. The predicted molar refractivity (Wildman–Crippen MR) is 62.1 cm³/mol. The summed E-state index contributed by atoms with van der Waals surface area (Å²) in [7, 11) is 0. The van der Waals surface area contributed by atoms with Crippen molar-refractivity contribution in [1.82, 2.24) is 4.90 Å². The Labute approximate surface area is 109 Å². The van der Waals surface area contributed by atoms with Crippen LogP contribution in [0, 0.1) is 11.8 Å². The number of carboxylic acids is 1. The summed E-state index contributed by atoms with van der Waals surface area (Å²) in [4.78, 5) is 36.3. The van der Waals surface area contributed by atoms with E-state index in [0.29, 0.717) is 0 Å². The van der Waals surface area contributed by atoms with Crippen molar-refractivity contribution >= 4 is 17.8 Å². The Morgan fingerprint density at radius 2 is 1.95 bits per heavy atom. The molecular weight excluding hydrogens is 250 g/mol. The van der Waals surface area contributed by atoms with Crippen LogP contribution in [0.1, 0.15) is 35.4 Å². The van der Waals surface area contributed by atoms with Crippen molar-refractivity contribution in [2.75, 3.05) is 0 Å². The standard InChI is InChI=1S/C13H13NO5/c15-11-7-2-1-3-8(7)12(16)14(11)6-10-9(13(17)18)4-5-19-10/h4-5,7-8H,1-3,6H2,(H,17,18). The van der Waals surface area contributed by atoms with E-state index in [0.717, 1.165) is 24.2 Å². The molecule has 1 aromatic heterocycles. The van der Waals surface area contributed by atoms with Crippen molar-refractivity contribution in [2.24, 2.45) is 11.8 Å². The number of furan rings is 1. The second-order valence-electron chi connectivity index (χ2n) is 4.97. The van der Waals surface area contributed by atoms with Crippen molar-refractivity contribution in [1.29, 1.82) is 0 Å². The lowest BCUT2D eigenvalue weighted by molar-refractivity contribution is -0.141. The van der Waals surface area contributed by atoms with E-state index >= 15 is 0 Å². The van der Waals surface area contributed by atoms with Crippen LogP contribution in [0.15, 0.2) is 16.7 Å². The first kappa shape index (κ1) is 12.0. The van der Waals surface area contributed by atoms with Gasteiger partial charge in [0.2, 0.25) is 11.8 Å². The Bertz CT molecular complexity index is 539. The number of imide groups is 1. The monoisotopic (exact) mass is 263 g/mol. The maximum absolute atomic E-state index is 12.1. The number of carboxylic acid groups (broad SMARTS) is 1. The highest BCUT2D eigenvalue weighted by atomic mass is 16.4. The van der Waals surface area contributed by atoms with Gasteiger partial charge in [-0.05, 0) is 18.9 Å². The fourth-order valence-electron chi connectivity index (χ4n) is 3.01. The molecule has 1 aliphatic carbocycles. The minimum Gasteiger partial charge on any atom is -0.478 e. The molecule has 3 rings (SSSR count). The van der Waals surface area contributed by atoms with Gasteiger partial charge in [-0.15, -0.1) is 0 Å². The molecule has 1 aliphatic heterocycles. The lowest BCUT2D eigenvalue weighted by atomic mass is 10.00. The molecule has 0 spiro atoms. The Morgan fingerprint density at radius 1 is 1.32 bits per heavy atom. The normalized spacial score (nSPS) is 26.0. The molecule has 0 aromatic carbocycles. The van der Waals surface area contributed by atoms with Gasteiger partial charge in [0.15, 0.2) is 0 Å². The number of likely N-dealkylation sites (tertiary alicyclic amines) is 1. The molecule has 1 aromatic rings. The molecule has 2 heterocycles. The average Bonchev–Trinajstić information content (AvgIpc) is 3.05. The van der Waals surface area contributed by atoms with Gasteiger partial charge in [-0.25, -0.2) is 4.79 Å². The number of carbonyl (C=O) groups is 3. The number of amides is 2. The number of nitrogens with zero attached hydrogens (tertiary/aromatic N) is 1. The summed E-state index contributed by atoms with van der Waals surface area (Å²) in [6.07, 6.45) is 3.65. The van der Waals surface area contributed by atoms with Crippen LogP contribution >= 0.6 is 0 Å². The third-order valence-corrected chi connectivity index (χ3v) is 3.96. The number of aromatic carboxylic acids is 1. The summed E-state index contributed by atoms with van der Waals surface area (Å²) in [5.41, 5.74) is -0.00217. The average molecular weight is 263 g/mol. The third kappa shape index (κ3) is 1.75. The minimum atomic E-state index is -1.12. The van der Waals surface area contributed by atoms with E-state index in [1.54, 1.807) is 0 Å². The lowest BCUT2D eigenvalue weighted by Gasteiger charge is -2.14. The van der Waals surface area contributed by atoms with Crippen molar-refractivity contribution in [3.8, 4) is 0 Å². The molecule has 6 heteroatoms. The van der Waals surface area contributed by atoms with Crippen LogP contribution in [0.4, 0.5) is 0 Å². The molecule has 6 nitrogen and oxygen atoms in total. The Kier molecular flexibility index (Phi) is 2.66. The second-order valence-corrected chi connectivity index (χ2v) is 4.97. The molecule has 19 heavy (non-hydrogen) atoms. The highest BCUT2D eigenvalue weighted by molar-refractivity contribution is 6.05. The maximum atomic E-state index is 12.1. The van der Waals surface area contributed by atoms with Gasteiger partial charge in [0.05, 0.1) is 24.6 Å². The van der Waals surface area contributed by atoms with Crippen LogP contribution in [0.2, 0.25) is 0 Å². The molecule has 2 aliphatic rings. The van der Waals surface area contributed by atoms with Crippen LogP contribution in [0.25, 0.3) is 0 Å². The third-order valence-electron chi connectivity index (χ3n) is 3.96. The summed E-state index contributed by atoms with van der Waals surface area (Å²) < 4.78 is 5.08. The number of carbonyl (C=O) groups excluding carboxylic acids is 2. The Morgan fingerprint density at radius 3 is 2.53 bits per heavy atom. The number of rotatable bonds is 3. The quantitative estimate of drug-likeness (QED) is 0.829. The molecule has 2 unspecified atom stereocenters. The van der Waals surface area contributed by atoms with Gasteiger partial charge in [-0.3, -0.25) is 14.5 Å². The van der Waals surface area contributed by atoms with Crippen LogP contribution in [0.5, 0.6) is 0 Å².